The van der Waals surface area contributed by atoms with Crippen LogP contribution in [-0.2, 0) is 10.0 Å². The first-order valence-corrected chi connectivity index (χ1v) is 8.58. The zero-order chi connectivity index (χ0) is 14.9. The van der Waals surface area contributed by atoms with Gasteiger partial charge in [0, 0.05) is 13.1 Å². The molecular weight excluding hydrogens is 272 g/mol. The van der Waals surface area contributed by atoms with Crippen molar-refractivity contribution in [1.29, 1.82) is 0 Å². The van der Waals surface area contributed by atoms with Crippen LogP contribution < -0.4 is 5.73 Å². The monoisotopic (exact) mass is 296 g/mol. The first-order valence-electron chi connectivity index (χ1n) is 7.14. The molecule has 2 rings (SSSR count). The first kappa shape index (κ1) is 15.5. The Balaban J connectivity index is 2.30. The minimum Gasteiger partial charge on any atom is -0.330 e. The van der Waals surface area contributed by atoms with E-state index in [0.717, 1.165) is 29.5 Å². The molecule has 0 aliphatic carbocycles. The number of hydrogen-bond donors (Lipinski definition) is 1. The summed E-state index contributed by atoms with van der Waals surface area (Å²) in [4.78, 5) is 0.451. The largest absolute Gasteiger partial charge is 0.330 e. The third-order valence-electron chi connectivity index (χ3n) is 4.32. The van der Waals surface area contributed by atoms with Crippen molar-refractivity contribution in [2.75, 3.05) is 19.6 Å². The summed E-state index contributed by atoms with van der Waals surface area (Å²) >= 11 is 0. The number of nitrogens with zero attached hydrogens (tertiary/aromatic N) is 1. The maximum absolute atomic E-state index is 12.8. The molecule has 1 aromatic rings. The molecule has 0 bridgehead atoms. The molecule has 0 spiro atoms. The Morgan fingerprint density at radius 2 is 1.65 bits per heavy atom. The third-order valence-corrected chi connectivity index (χ3v) is 6.36. The summed E-state index contributed by atoms with van der Waals surface area (Å²) in [6.45, 7) is 7.63. The third kappa shape index (κ3) is 2.90. The van der Waals surface area contributed by atoms with Crippen molar-refractivity contribution in [1.82, 2.24) is 4.31 Å². The Morgan fingerprint density at radius 1 is 1.10 bits per heavy atom. The second kappa shape index (κ2) is 5.84. The van der Waals surface area contributed by atoms with E-state index in [1.165, 1.54) is 0 Å². The predicted molar refractivity (Wildman–Crippen MR) is 81.2 cm³/mol. The Morgan fingerprint density at radius 3 is 2.20 bits per heavy atom. The lowest BCUT2D eigenvalue weighted by Gasteiger charge is -2.31. The van der Waals surface area contributed by atoms with E-state index in [4.69, 9.17) is 5.73 Å². The van der Waals surface area contributed by atoms with Gasteiger partial charge in [0.15, 0.2) is 0 Å². The summed E-state index contributed by atoms with van der Waals surface area (Å²) in [5.74, 6) is 0.460. The van der Waals surface area contributed by atoms with Gasteiger partial charge in [-0.3, -0.25) is 0 Å². The fourth-order valence-corrected chi connectivity index (χ4v) is 4.50. The van der Waals surface area contributed by atoms with Crippen LogP contribution in [0.25, 0.3) is 0 Å². The van der Waals surface area contributed by atoms with Gasteiger partial charge >= 0.3 is 0 Å². The summed E-state index contributed by atoms with van der Waals surface area (Å²) < 4.78 is 27.1. The van der Waals surface area contributed by atoms with Gasteiger partial charge in [0.25, 0.3) is 0 Å². The minimum atomic E-state index is -3.37. The smallest absolute Gasteiger partial charge is 0.243 e. The molecule has 2 N–H and O–H groups in total. The quantitative estimate of drug-likeness (QED) is 0.927. The van der Waals surface area contributed by atoms with E-state index in [-0.39, 0.29) is 0 Å². The van der Waals surface area contributed by atoms with E-state index in [1.807, 2.05) is 26.8 Å². The lowest BCUT2D eigenvalue weighted by Crippen LogP contribution is -2.40. The molecule has 1 aliphatic heterocycles. The standard InChI is InChI=1S/C15H24N2O2S/c1-11-8-13(3)15(9-12(11)2)20(18,19)17-6-4-14(10-16)5-7-17/h8-9,14H,4-7,10,16H2,1-3H3. The van der Waals surface area contributed by atoms with Gasteiger partial charge in [0.05, 0.1) is 4.90 Å². The van der Waals surface area contributed by atoms with Gasteiger partial charge in [-0.05, 0) is 68.8 Å². The van der Waals surface area contributed by atoms with Gasteiger partial charge in [0.2, 0.25) is 10.0 Å². The van der Waals surface area contributed by atoms with Crippen molar-refractivity contribution in [2.24, 2.45) is 11.7 Å². The highest BCUT2D eigenvalue weighted by Crippen LogP contribution is 2.27. The Bertz CT molecular complexity index is 588. The van der Waals surface area contributed by atoms with Crippen molar-refractivity contribution in [3.05, 3.63) is 28.8 Å². The van der Waals surface area contributed by atoms with Crippen LogP contribution in [0.3, 0.4) is 0 Å². The zero-order valence-corrected chi connectivity index (χ0v) is 13.3. The number of hydrogen-bond acceptors (Lipinski definition) is 3. The molecule has 1 aliphatic rings. The van der Waals surface area contributed by atoms with Crippen molar-refractivity contribution in [2.45, 2.75) is 38.5 Å². The van der Waals surface area contributed by atoms with Crippen LogP contribution in [-0.4, -0.2) is 32.4 Å². The summed E-state index contributed by atoms with van der Waals surface area (Å²) in [5.41, 5.74) is 8.64. The molecule has 5 heteroatoms. The van der Waals surface area contributed by atoms with Crippen molar-refractivity contribution >= 4 is 10.0 Å². The minimum absolute atomic E-state index is 0.451. The van der Waals surface area contributed by atoms with Gasteiger partial charge in [-0.2, -0.15) is 4.31 Å². The molecular formula is C15H24N2O2S. The molecule has 1 heterocycles. The lowest BCUT2D eigenvalue weighted by atomic mass is 9.99. The molecule has 4 nitrogen and oxygen atoms in total. The van der Waals surface area contributed by atoms with Crippen LogP contribution >= 0.6 is 0 Å². The second-order valence-electron chi connectivity index (χ2n) is 5.79. The van der Waals surface area contributed by atoms with Crippen molar-refractivity contribution in [3.8, 4) is 0 Å². The predicted octanol–water partition coefficient (Wildman–Crippen LogP) is 1.97. The van der Waals surface area contributed by atoms with Crippen LogP contribution in [0.5, 0.6) is 0 Å². The van der Waals surface area contributed by atoms with Crippen LogP contribution in [0, 0.1) is 26.7 Å². The SMILES string of the molecule is Cc1cc(C)c(S(=O)(=O)N2CCC(CN)CC2)cc1C. The van der Waals surface area contributed by atoms with Gasteiger partial charge in [-0.1, -0.05) is 6.07 Å². The zero-order valence-electron chi connectivity index (χ0n) is 12.5. The van der Waals surface area contributed by atoms with Gasteiger partial charge in [0.1, 0.15) is 0 Å². The van der Waals surface area contributed by atoms with Gasteiger partial charge in [-0.15, -0.1) is 0 Å². The molecule has 0 aromatic heterocycles. The van der Waals surface area contributed by atoms with E-state index in [9.17, 15) is 8.42 Å². The maximum Gasteiger partial charge on any atom is 0.243 e. The summed E-state index contributed by atoms with van der Waals surface area (Å²) in [5, 5.41) is 0. The molecule has 0 radical (unpaired) electrons. The molecule has 112 valence electrons. The van der Waals surface area contributed by atoms with Gasteiger partial charge < -0.3 is 5.73 Å². The number of rotatable bonds is 3. The Kier molecular flexibility index (Phi) is 4.52. The average Bonchev–Trinajstić information content (AvgIpc) is 2.42. The number of nitrogens with two attached hydrogens (primary N) is 1. The van der Waals surface area contributed by atoms with E-state index in [2.05, 4.69) is 0 Å². The lowest BCUT2D eigenvalue weighted by molar-refractivity contribution is 0.278. The Hall–Kier alpha value is -0.910. The van der Waals surface area contributed by atoms with E-state index in [0.29, 0.717) is 30.4 Å². The number of benzene rings is 1. The summed E-state index contributed by atoms with van der Waals surface area (Å²) in [6.07, 6.45) is 1.72. The second-order valence-corrected chi connectivity index (χ2v) is 7.69. The molecule has 0 amide bonds. The van der Waals surface area contributed by atoms with Crippen LogP contribution in [0.4, 0.5) is 0 Å². The van der Waals surface area contributed by atoms with E-state index < -0.39 is 10.0 Å². The van der Waals surface area contributed by atoms with Crippen molar-refractivity contribution in [3.63, 3.8) is 0 Å². The fourth-order valence-electron chi connectivity index (χ4n) is 2.74. The van der Waals surface area contributed by atoms with E-state index >= 15 is 0 Å². The molecule has 1 saturated heterocycles. The Labute approximate surface area is 122 Å². The number of sulfonamides is 1. The average molecular weight is 296 g/mol. The maximum atomic E-state index is 12.8. The molecule has 0 unspecified atom stereocenters. The highest BCUT2D eigenvalue weighted by molar-refractivity contribution is 7.89. The van der Waals surface area contributed by atoms with Crippen molar-refractivity contribution < 1.29 is 8.42 Å². The number of aryl methyl sites for hydroxylation is 3. The molecule has 20 heavy (non-hydrogen) atoms. The summed E-state index contributed by atoms with van der Waals surface area (Å²) in [7, 11) is -3.37. The van der Waals surface area contributed by atoms with Crippen LogP contribution in [0.1, 0.15) is 29.5 Å². The normalized spacial score (nSPS) is 18.4. The summed E-state index contributed by atoms with van der Waals surface area (Å²) in [6, 6.07) is 3.75. The van der Waals surface area contributed by atoms with Crippen LogP contribution in [0.15, 0.2) is 17.0 Å². The topological polar surface area (TPSA) is 63.4 Å². The highest BCUT2D eigenvalue weighted by atomic mass is 32.2. The molecule has 0 atom stereocenters. The number of piperidine rings is 1. The fraction of sp³-hybridized carbons (Fsp3) is 0.600. The molecule has 1 aromatic carbocycles. The first-order chi connectivity index (χ1) is 9.36. The van der Waals surface area contributed by atoms with E-state index in [1.54, 1.807) is 10.4 Å². The highest BCUT2D eigenvalue weighted by Gasteiger charge is 2.30. The molecule has 1 fully saturated rings. The molecule has 0 saturated carbocycles. The van der Waals surface area contributed by atoms with Crippen LogP contribution in [0.2, 0.25) is 0 Å². The van der Waals surface area contributed by atoms with Gasteiger partial charge in [-0.25, -0.2) is 8.42 Å².